The molecule has 0 saturated carbocycles. The Bertz CT molecular complexity index is 529. The average Bonchev–Trinajstić information content (AvgIpc) is 3.04. The molecule has 1 N–H and O–H groups in total. The minimum absolute atomic E-state index is 0.0507. The van der Waals surface area contributed by atoms with Crippen molar-refractivity contribution >= 4 is 5.91 Å². The molecule has 0 atom stereocenters. The lowest BCUT2D eigenvalue weighted by Crippen LogP contribution is -2.34. The fraction of sp³-hybridized carbons (Fsp3) is 0.429. The van der Waals surface area contributed by atoms with Crippen LogP contribution < -0.4 is 0 Å². The highest BCUT2D eigenvalue weighted by molar-refractivity contribution is 5.93. The maximum Gasteiger partial charge on any atom is 0.274 e. The van der Waals surface area contributed by atoms with Gasteiger partial charge in [-0.2, -0.15) is 5.10 Å². The van der Waals surface area contributed by atoms with Gasteiger partial charge in [-0.05, 0) is 25.0 Å². The highest BCUT2D eigenvalue weighted by Crippen LogP contribution is 2.18. The fourth-order valence-electron chi connectivity index (χ4n) is 1.95. The smallest absolute Gasteiger partial charge is 0.274 e. The molecule has 2 rings (SSSR count). The lowest BCUT2D eigenvalue weighted by atomic mass is 10.2. The molecular weight excluding hydrogens is 242 g/mol. The van der Waals surface area contributed by atoms with E-state index in [1.54, 1.807) is 23.3 Å². The van der Waals surface area contributed by atoms with Crippen LogP contribution in [-0.4, -0.2) is 34.1 Å². The van der Waals surface area contributed by atoms with Crippen LogP contribution >= 0.6 is 0 Å². The molecule has 0 aliphatic carbocycles. The second-order valence-corrected chi connectivity index (χ2v) is 4.88. The zero-order valence-electron chi connectivity index (χ0n) is 11.5. The first-order chi connectivity index (χ1) is 9.11. The summed E-state index contributed by atoms with van der Waals surface area (Å²) < 4.78 is 5.27. The second-order valence-electron chi connectivity index (χ2n) is 4.88. The van der Waals surface area contributed by atoms with E-state index < -0.39 is 0 Å². The van der Waals surface area contributed by atoms with Crippen molar-refractivity contribution in [3.05, 3.63) is 30.2 Å². The van der Waals surface area contributed by atoms with E-state index in [-0.39, 0.29) is 5.91 Å². The first-order valence-electron chi connectivity index (χ1n) is 6.50. The molecule has 0 saturated heterocycles. The second kappa shape index (κ2) is 5.73. The van der Waals surface area contributed by atoms with Crippen LogP contribution in [0.3, 0.4) is 0 Å². The maximum atomic E-state index is 12.3. The number of aromatic amines is 1. The monoisotopic (exact) mass is 261 g/mol. The van der Waals surface area contributed by atoms with Crippen molar-refractivity contribution in [3.8, 4) is 11.5 Å². The van der Waals surface area contributed by atoms with Crippen molar-refractivity contribution < 1.29 is 9.21 Å². The quantitative estimate of drug-likeness (QED) is 0.900. The average molecular weight is 261 g/mol. The summed E-state index contributed by atoms with van der Waals surface area (Å²) in [5, 5.41) is 6.90. The number of nitrogens with zero attached hydrogens (tertiary/aromatic N) is 2. The van der Waals surface area contributed by atoms with Gasteiger partial charge in [0.25, 0.3) is 5.91 Å². The van der Waals surface area contributed by atoms with Crippen molar-refractivity contribution in [2.24, 2.45) is 5.92 Å². The minimum atomic E-state index is -0.0507. The number of H-pyrrole nitrogens is 1. The van der Waals surface area contributed by atoms with Crippen LogP contribution in [0.5, 0.6) is 0 Å². The molecule has 0 radical (unpaired) electrons. The normalized spacial score (nSPS) is 10.9. The third-order valence-corrected chi connectivity index (χ3v) is 2.84. The van der Waals surface area contributed by atoms with Gasteiger partial charge >= 0.3 is 0 Å². The molecule has 0 aromatic carbocycles. The molecule has 0 aliphatic heterocycles. The van der Waals surface area contributed by atoms with Crippen LogP contribution in [-0.2, 0) is 0 Å². The minimum Gasteiger partial charge on any atom is -0.463 e. The first-order valence-corrected chi connectivity index (χ1v) is 6.50. The largest absolute Gasteiger partial charge is 0.463 e. The van der Waals surface area contributed by atoms with Crippen LogP contribution in [0.25, 0.3) is 11.5 Å². The van der Waals surface area contributed by atoms with Crippen molar-refractivity contribution in [2.75, 3.05) is 13.1 Å². The standard InChI is InChI=1S/C14H19N3O2/c1-4-17(9-10(2)3)14(18)12-8-11(15-16-12)13-6-5-7-19-13/h5-8,10H,4,9H2,1-3H3,(H,15,16). The fourth-order valence-corrected chi connectivity index (χ4v) is 1.95. The Labute approximate surface area is 112 Å². The van der Waals surface area contributed by atoms with Crippen LogP contribution in [0.2, 0.25) is 0 Å². The number of furan rings is 1. The van der Waals surface area contributed by atoms with Crippen LogP contribution in [0.4, 0.5) is 0 Å². The van der Waals surface area contributed by atoms with Gasteiger partial charge in [0.1, 0.15) is 5.69 Å². The number of rotatable bonds is 5. The highest BCUT2D eigenvalue weighted by atomic mass is 16.3. The van der Waals surface area contributed by atoms with Crippen LogP contribution in [0, 0.1) is 5.92 Å². The molecule has 2 aromatic rings. The van der Waals surface area contributed by atoms with Crippen LogP contribution in [0.1, 0.15) is 31.3 Å². The SMILES string of the molecule is CCN(CC(C)C)C(=O)c1cc(-c2ccco2)[nH]n1. The zero-order valence-corrected chi connectivity index (χ0v) is 11.5. The maximum absolute atomic E-state index is 12.3. The Balaban J connectivity index is 2.15. The van der Waals surface area contributed by atoms with Crippen molar-refractivity contribution in [3.63, 3.8) is 0 Å². The molecule has 0 fully saturated rings. The molecule has 19 heavy (non-hydrogen) atoms. The summed E-state index contributed by atoms with van der Waals surface area (Å²) in [7, 11) is 0. The summed E-state index contributed by atoms with van der Waals surface area (Å²) in [4.78, 5) is 14.1. The van der Waals surface area contributed by atoms with Crippen molar-refractivity contribution in [2.45, 2.75) is 20.8 Å². The molecule has 0 unspecified atom stereocenters. The lowest BCUT2D eigenvalue weighted by molar-refractivity contribution is 0.0740. The topological polar surface area (TPSA) is 62.1 Å². The Kier molecular flexibility index (Phi) is 4.04. The highest BCUT2D eigenvalue weighted by Gasteiger charge is 2.19. The number of aromatic nitrogens is 2. The predicted octanol–water partition coefficient (Wildman–Crippen LogP) is 2.79. The summed E-state index contributed by atoms with van der Waals surface area (Å²) in [5.41, 5.74) is 1.14. The number of hydrogen-bond acceptors (Lipinski definition) is 3. The van der Waals surface area contributed by atoms with Gasteiger partial charge in [0, 0.05) is 19.2 Å². The summed E-state index contributed by atoms with van der Waals surface area (Å²) in [6.07, 6.45) is 1.59. The molecular formula is C14H19N3O2. The molecule has 0 aliphatic rings. The number of carbonyl (C=O) groups excluding carboxylic acids is 1. The van der Waals surface area contributed by atoms with Gasteiger partial charge in [0.2, 0.25) is 0 Å². The molecule has 2 aromatic heterocycles. The van der Waals surface area contributed by atoms with Crippen LogP contribution in [0.15, 0.2) is 28.9 Å². The Hall–Kier alpha value is -2.04. The molecule has 102 valence electrons. The van der Waals surface area contributed by atoms with E-state index in [0.29, 0.717) is 29.6 Å². The zero-order chi connectivity index (χ0) is 13.8. The first kappa shape index (κ1) is 13.4. The van der Waals surface area contributed by atoms with Gasteiger partial charge in [0.15, 0.2) is 11.5 Å². The van der Waals surface area contributed by atoms with E-state index in [9.17, 15) is 4.79 Å². The number of hydrogen-bond donors (Lipinski definition) is 1. The number of amides is 1. The summed E-state index contributed by atoms with van der Waals surface area (Å²) in [6.45, 7) is 7.57. The van der Waals surface area contributed by atoms with Gasteiger partial charge in [-0.3, -0.25) is 9.89 Å². The molecule has 1 amide bonds. The van der Waals surface area contributed by atoms with E-state index in [0.717, 1.165) is 6.54 Å². The molecule has 2 heterocycles. The molecule has 0 bridgehead atoms. The van der Waals surface area contributed by atoms with Gasteiger partial charge in [-0.25, -0.2) is 0 Å². The predicted molar refractivity (Wildman–Crippen MR) is 72.7 cm³/mol. The Morgan fingerprint density at radius 2 is 2.32 bits per heavy atom. The lowest BCUT2D eigenvalue weighted by Gasteiger charge is -2.21. The molecule has 5 heteroatoms. The summed E-state index contributed by atoms with van der Waals surface area (Å²) >= 11 is 0. The Morgan fingerprint density at radius 3 is 2.89 bits per heavy atom. The third-order valence-electron chi connectivity index (χ3n) is 2.84. The van der Waals surface area contributed by atoms with Crippen molar-refractivity contribution in [1.29, 1.82) is 0 Å². The van der Waals surface area contributed by atoms with E-state index in [4.69, 9.17) is 4.42 Å². The van der Waals surface area contributed by atoms with E-state index in [1.807, 2.05) is 13.0 Å². The summed E-state index contributed by atoms with van der Waals surface area (Å²) in [6, 6.07) is 5.35. The number of nitrogens with one attached hydrogen (secondary N) is 1. The van der Waals surface area contributed by atoms with Gasteiger partial charge in [0.05, 0.1) is 6.26 Å². The Morgan fingerprint density at radius 1 is 1.53 bits per heavy atom. The van der Waals surface area contributed by atoms with E-state index >= 15 is 0 Å². The van der Waals surface area contributed by atoms with E-state index in [2.05, 4.69) is 24.0 Å². The summed E-state index contributed by atoms with van der Waals surface area (Å²) in [5.74, 6) is 1.07. The molecule has 0 spiro atoms. The van der Waals surface area contributed by atoms with Gasteiger partial charge in [-0.1, -0.05) is 13.8 Å². The van der Waals surface area contributed by atoms with Crippen molar-refractivity contribution in [1.82, 2.24) is 15.1 Å². The van der Waals surface area contributed by atoms with Gasteiger partial charge in [-0.15, -0.1) is 0 Å². The third kappa shape index (κ3) is 3.05. The number of carbonyl (C=O) groups is 1. The van der Waals surface area contributed by atoms with E-state index in [1.165, 1.54) is 0 Å². The molecule has 5 nitrogen and oxygen atoms in total. The van der Waals surface area contributed by atoms with Gasteiger partial charge < -0.3 is 9.32 Å².